The summed E-state index contributed by atoms with van der Waals surface area (Å²) in [5.41, 5.74) is 1.27. The number of halogens is 4. The Bertz CT molecular complexity index is 1270. The van der Waals surface area contributed by atoms with Gasteiger partial charge < -0.3 is 0 Å². The predicted octanol–water partition coefficient (Wildman–Crippen LogP) is 5.24. The minimum absolute atomic E-state index is 0.109. The fraction of sp³-hybridized carbons (Fsp3) is 0.0870. The molecule has 3 aromatic rings. The van der Waals surface area contributed by atoms with E-state index >= 15 is 0 Å². The number of carbonyl (C=O) groups is 1. The smallest absolute Gasteiger partial charge is 0.267 e. The fourth-order valence-electron chi connectivity index (χ4n) is 2.88. The van der Waals surface area contributed by atoms with Crippen molar-refractivity contribution < 1.29 is 30.8 Å². The van der Waals surface area contributed by atoms with Gasteiger partial charge in [0.05, 0.1) is 12.2 Å². The van der Waals surface area contributed by atoms with Crippen LogP contribution in [-0.2, 0) is 21.4 Å². The van der Waals surface area contributed by atoms with Crippen molar-refractivity contribution in [3.05, 3.63) is 101 Å². The molecular formula is C23H17F4NO3S. The predicted molar refractivity (Wildman–Crippen MR) is 112 cm³/mol. The molecule has 0 unspecified atom stereocenters. The van der Waals surface area contributed by atoms with Crippen molar-refractivity contribution in [2.75, 3.05) is 4.31 Å². The standard InChI is InChI=1S/C23H17F4NO3S/c1-15(29)7-8-16-9-11-17(12-10-16)14-28(18-5-3-2-4-6-18)32(30,31)20-13-19(24)21(25)23(27)22(20)26/h2-13H,14H2,1H3/b8-7+. The quantitative estimate of drug-likeness (QED) is 0.208. The first-order valence-electron chi connectivity index (χ1n) is 9.29. The zero-order valence-electron chi connectivity index (χ0n) is 16.7. The van der Waals surface area contributed by atoms with E-state index in [1.165, 1.54) is 37.3 Å². The second kappa shape index (κ2) is 9.35. The number of hydrogen-bond donors (Lipinski definition) is 0. The van der Waals surface area contributed by atoms with Gasteiger partial charge in [-0.05, 0) is 36.3 Å². The third kappa shape index (κ3) is 4.88. The van der Waals surface area contributed by atoms with Gasteiger partial charge in [0.15, 0.2) is 29.1 Å². The van der Waals surface area contributed by atoms with E-state index in [1.54, 1.807) is 36.4 Å². The number of rotatable bonds is 7. The van der Waals surface area contributed by atoms with Crippen LogP contribution in [0.4, 0.5) is 23.2 Å². The third-order valence-electron chi connectivity index (χ3n) is 4.50. The van der Waals surface area contributed by atoms with E-state index in [0.717, 1.165) is 4.31 Å². The number of anilines is 1. The zero-order chi connectivity index (χ0) is 23.5. The topological polar surface area (TPSA) is 54.5 Å². The molecule has 166 valence electrons. The summed E-state index contributed by atoms with van der Waals surface area (Å²) in [6, 6.07) is 14.1. The monoisotopic (exact) mass is 463 g/mol. The summed E-state index contributed by atoms with van der Waals surface area (Å²) >= 11 is 0. The first-order valence-corrected chi connectivity index (χ1v) is 10.7. The minimum atomic E-state index is -4.82. The van der Waals surface area contributed by atoms with Gasteiger partial charge in [0.2, 0.25) is 0 Å². The van der Waals surface area contributed by atoms with Crippen LogP contribution in [0.3, 0.4) is 0 Å². The number of allylic oxidation sites excluding steroid dienone is 1. The van der Waals surface area contributed by atoms with Gasteiger partial charge in [-0.3, -0.25) is 9.10 Å². The van der Waals surface area contributed by atoms with Crippen molar-refractivity contribution in [2.45, 2.75) is 18.4 Å². The molecule has 0 spiro atoms. The number of hydrogen-bond acceptors (Lipinski definition) is 3. The maximum Gasteiger partial charge on any atom is 0.267 e. The summed E-state index contributed by atoms with van der Waals surface area (Å²) in [6.07, 6.45) is 2.95. The summed E-state index contributed by atoms with van der Waals surface area (Å²) in [5.74, 6) is -8.28. The summed E-state index contributed by atoms with van der Waals surface area (Å²) in [7, 11) is -4.82. The molecule has 0 aliphatic heterocycles. The van der Waals surface area contributed by atoms with Crippen molar-refractivity contribution in [3.63, 3.8) is 0 Å². The number of para-hydroxylation sites is 1. The molecule has 0 aliphatic rings. The van der Waals surface area contributed by atoms with Gasteiger partial charge >= 0.3 is 0 Å². The molecule has 0 atom stereocenters. The van der Waals surface area contributed by atoms with Gasteiger partial charge in [-0.25, -0.2) is 26.0 Å². The summed E-state index contributed by atoms with van der Waals surface area (Å²) in [4.78, 5) is 9.74. The van der Waals surface area contributed by atoms with E-state index in [1.807, 2.05) is 0 Å². The Morgan fingerprint density at radius 3 is 2.12 bits per heavy atom. The van der Waals surface area contributed by atoms with Crippen molar-refractivity contribution in [1.82, 2.24) is 0 Å². The van der Waals surface area contributed by atoms with Crippen LogP contribution in [-0.4, -0.2) is 14.2 Å². The van der Waals surface area contributed by atoms with Gasteiger partial charge in [0.1, 0.15) is 4.90 Å². The van der Waals surface area contributed by atoms with Crippen LogP contribution in [0.15, 0.2) is 71.6 Å². The van der Waals surface area contributed by atoms with Crippen LogP contribution in [0.2, 0.25) is 0 Å². The molecule has 0 heterocycles. The van der Waals surface area contributed by atoms with Gasteiger partial charge in [-0.1, -0.05) is 48.5 Å². The molecule has 9 heteroatoms. The number of benzene rings is 3. The molecule has 0 aromatic heterocycles. The second-order valence-corrected chi connectivity index (χ2v) is 8.66. The van der Waals surface area contributed by atoms with Crippen molar-refractivity contribution >= 4 is 27.6 Å². The van der Waals surface area contributed by atoms with E-state index in [4.69, 9.17) is 0 Å². The van der Waals surface area contributed by atoms with E-state index in [-0.39, 0.29) is 24.1 Å². The van der Waals surface area contributed by atoms with Crippen LogP contribution in [0, 0.1) is 23.3 Å². The van der Waals surface area contributed by atoms with Crippen LogP contribution < -0.4 is 4.31 Å². The number of sulfonamides is 1. The van der Waals surface area contributed by atoms with Crippen LogP contribution in [0.25, 0.3) is 6.08 Å². The Hall–Kier alpha value is -3.46. The van der Waals surface area contributed by atoms with E-state index < -0.39 is 38.2 Å². The summed E-state index contributed by atoms with van der Waals surface area (Å²) in [6.45, 7) is 1.09. The molecule has 0 fully saturated rings. The molecule has 0 bridgehead atoms. The molecule has 0 saturated heterocycles. The van der Waals surface area contributed by atoms with Gasteiger partial charge in [-0.15, -0.1) is 0 Å². The molecule has 4 nitrogen and oxygen atoms in total. The third-order valence-corrected chi connectivity index (χ3v) is 6.27. The first kappa shape index (κ1) is 23.2. The van der Waals surface area contributed by atoms with Crippen LogP contribution in [0.5, 0.6) is 0 Å². The molecule has 0 N–H and O–H groups in total. The lowest BCUT2D eigenvalue weighted by Gasteiger charge is -2.25. The van der Waals surface area contributed by atoms with E-state index in [2.05, 4.69) is 0 Å². The maximum absolute atomic E-state index is 14.3. The van der Waals surface area contributed by atoms with Crippen molar-refractivity contribution in [2.24, 2.45) is 0 Å². The molecule has 3 rings (SSSR count). The molecule has 32 heavy (non-hydrogen) atoms. The lowest BCUT2D eigenvalue weighted by molar-refractivity contribution is -0.112. The minimum Gasteiger partial charge on any atom is -0.295 e. The van der Waals surface area contributed by atoms with Gasteiger partial charge in [-0.2, -0.15) is 0 Å². The Labute approximate surface area is 182 Å². The molecule has 0 amide bonds. The molecule has 3 aromatic carbocycles. The normalized spacial score (nSPS) is 11.7. The van der Waals surface area contributed by atoms with Crippen molar-refractivity contribution in [1.29, 1.82) is 0 Å². The zero-order valence-corrected chi connectivity index (χ0v) is 17.5. The second-order valence-electron chi connectivity index (χ2n) is 6.83. The average molecular weight is 463 g/mol. The number of carbonyl (C=O) groups excluding carboxylic acids is 1. The van der Waals surface area contributed by atoms with E-state index in [0.29, 0.717) is 11.1 Å². The molecular weight excluding hydrogens is 446 g/mol. The Balaban J connectivity index is 2.06. The number of nitrogens with zero attached hydrogens (tertiary/aromatic N) is 1. The fourth-order valence-corrected chi connectivity index (χ4v) is 4.40. The lowest BCUT2D eigenvalue weighted by atomic mass is 10.1. The van der Waals surface area contributed by atoms with Crippen LogP contribution in [0.1, 0.15) is 18.1 Å². The van der Waals surface area contributed by atoms with Gasteiger partial charge in [0, 0.05) is 6.07 Å². The highest BCUT2D eigenvalue weighted by Crippen LogP contribution is 2.30. The van der Waals surface area contributed by atoms with Crippen molar-refractivity contribution in [3.8, 4) is 0 Å². The highest BCUT2D eigenvalue weighted by atomic mass is 32.2. The highest BCUT2D eigenvalue weighted by molar-refractivity contribution is 7.92. The first-order chi connectivity index (χ1) is 15.1. The molecule has 0 radical (unpaired) electrons. The molecule has 0 aliphatic carbocycles. The Morgan fingerprint density at radius 2 is 1.53 bits per heavy atom. The van der Waals surface area contributed by atoms with Crippen LogP contribution >= 0.6 is 0 Å². The van der Waals surface area contributed by atoms with Gasteiger partial charge in [0.25, 0.3) is 10.0 Å². The molecule has 0 saturated carbocycles. The number of ketones is 1. The summed E-state index contributed by atoms with van der Waals surface area (Å²) < 4.78 is 82.3. The summed E-state index contributed by atoms with van der Waals surface area (Å²) in [5, 5.41) is 0. The highest BCUT2D eigenvalue weighted by Gasteiger charge is 2.32. The Kier molecular flexibility index (Phi) is 6.78. The van der Waals surface area contributed by atoms with E-state index in [9.17, 15) is 30.8 Å². The maximum atomic E-state index is 14.3. The SMILES string of the molecule is CC(=O)/C=C/c1ccc(CN(c2ccccc2)S(=O)(=O)c2cc(F)c(F)c(F)c2F)cc1. The Morgan fingerprint density at radius 1 is 0.906 bits per heavy atom. The lowest BCUT2D eigenvalue weighted by Crippen LogP contribution is -2.31. The largest absolute Gasteiger partial charge is 0.295 e. The average Bonchev–Trinajstić information content (AvgIpc) is 2.78.